The normalized spacial score (nSPS) is 11.8. The largest absolute Gasteiger partial charge is 0.296 e. The maximum Gasteiger partial charge on any atom is 0.133 e. The van der Waals surface area contributed by atoms with Crippen molar-refractivity contribution in [2.24, 2.45) is 5.92 Å². The molecular weight excluding hydrogens is 244 g/mol. The summed E-state index contributed by atoms with van der Waals surface area (Å²) in [6, 6.07) is 4.66. The van der Waals surface area contributed by atoms with Crippen LogP contribution in [0, 0.1) is 5.92 Å². The highest BCUT2D eigenvalue weighted by atomic mass is 35.5. The zero-order valence-corrected chi connectivity index (χ0v) is 12.7. The summed E-state index contributed by atoms with van der Waals surface area (Å²) in [6.45, 7) is 11.0. The quantitative estimate of drug-likeness (QED) is 0.682. The smallest absolute Gasteiger partial charge is 0.133 e. The molecule has 0 N–H and O–H groups in total. The van der Waals surface area contributed by atoms with Crippen LogP contribution in [0.15, 0.2) is 18.3 Å². The number of hydrogen-bond acceptors (Lipinski definition) is 2. The van der Waals surface area contributed by atoms with E-state index in [1.807, 2.05) is 6.07 Å². The molecule has 0 aliphatic rings. The van der Waals surface area contributed by atoms with Crippen LogP contribution in [-0.2, 0) is 6.54 Å². The third-order valence-corrected chi connectivity index (χ3v) is 3.61. The third-order valence-electron chi connectivity index (χ3n) is 3.27. The molecule has 2 nitrogen and oxygen atoms in total. The highest BCUT2D eigenvalue weighted by molar-refractivity contribution is 6.30. The van der Waals surface area contributed by atoms with Crippen LogP contribution in [0.2, 0.25) is 5.15 Å². The summed E-state index contributed by atoms with van der Waals surface area (Å²) < 4.78 is 0. The maximum atomic E-state index is 6.16. The van der Waals surface area contributed by atoms with Crippen LogP contribution in [-0.4, -0.2) is 22.5 Å². The van der Waals surface area contributed by atoms with E-state index in [-0.39, 0.29) is 0 Å². The average molecular weight is 269 g/mol. The molecule has 0 saturated carbocycles. The van der Waals surface area contributed by atoms with Crippen molar-refractivity contribution in [3.05, 3.63) is 29.0 Å². The second-order valence-corrected chi connectivity index (χ2v) is 5.60. The lowest BCUT2D eigenvalue weighted by Crippen LogP contribution is -2.36. The first kappa shape index (κ1) is 15.5. The molecule has 1 heterocycles. The van der Waals surface area contributed by atoms with Gasteiger partial charge in [-0.15, -0.1) is 0 Å². The molecule has 0 aliphatic heterocycles. The molecule has 0 bridgehead atoms. The standard InChI is InChI=1S/C15H25ClN2/c1-5-14(6-2)18(10-12(3)4)11-13-8-7-9-17-15(13)16/h7-9,12,14H,5-6,10-11H2,1-4H3. The van der Waals surface area contributed by atoms with Crippen LogP contribution in [0.25, 0.3) is 0 Å². The van der Waals surface area contributed by atoms with Gasteiger partial charge in [-0.05, 0) is 24.8 Å². The molecular formula is C15H25ClN2. The molecule has 0 unspecified atom stereocenters. The van der Waals surface area contributed by atoms with E-state index in [0.29, 0.717) is 17.1 Å². The average Bonchev–Trinajstić information content (AvgIpc) is 2.32. The lowest BCUT2D eigenvalue weighted by Gasteiger charge is -2.32. The fraction of sp³-hybridized carbons (Fsp3) is 0.667. The van der Waals surface area contributed by atoms with Crippen molar-refractivity contribution in [1.82, 2.24) is 9.88 Å². The van der Waals surface area contributed by atoms with Crippen LogP contribution in [0.3, 0.4) is 0 Å². The third kappa shape index (κ3) is 4.58. The molecule has 0 aliphatic carbocycles. The summed E-state index contributed by atoms with van der Waals surface area (Å²) in [5.74, 6) is 0.668. The molecule has 0 atom stereocenters. The first-order valence-corrected chi connectivity index (χ1v) is 7.29. The number of halogens is 1. The zero-order chi connectivity index (χ0) is 13.5. The molecule has 0 fully saturated rings. The minimum absolute atomic E-state index is 0.628. The molecule has 1 rings (SSSR count). The van der Waals surface area contributed by atoms with E-state index in [2.05, 4.69) is 43.6 Å². The second-order valence-electron chi connectivity index (χ2n) is 5.25. The van der Waals surface area contributed by atoms with Gasteiger partial charge in [-0.3, -0.25) is 4.90 Å². The second kappa shape index (κ2) is 7.75. The number of pyridine rings is 1. The molecule has 1 aromatic rings. The van der Waals surface area contributed by atoms with Crippen molar-refractivity contribution in [3.8, 4) is 0 Å². The maximum absolute atomic E-state index is 6.16. The van der Waals surface area contributed by atoms with Crippen molar-refractivity contribution >= 4 is 11.6 Å². The fourth-order valence-corrected chi connectivity index (χ4v) is 2.55. The van der Waals surface area contributed by atoms with Gasteiger partial charge in [0, 0.05) is 30.9 Å². The van der Waals surface area contributed by atoms with Crippen molar-refractivity contribution in [3.63, 3.8) is 0 Å². The van der Waals surface area contributed by atoms with Crippen LogP contribution in [0.5, 0.6) is 0 Å². The van der Waals surface area contributed by atoms with Gasteiger partial charge >= 0.3 is 0 Å². The molecule has 0 radical (unpaired) electrons. The summed E-state index contributed by atoms with van der Waals surface area (Å²) in [7, 11) is 0. The van der Waals surface area contributed by atoms with E-state index in [1.54, 1.807) is 6.20 Å². The van der Waals surface area contributed by atoms with Crippen LogP contribution < -0.4 is 0 Å². The summed E-state index contributed by atoms with van der Waals surface area (Å²) in [5, 5.41) is 0.636. The van der Waals surface area contributed by atoms with Gasteiger partial charge in [-0.1, -0.05) is 45.4 Å². The minimum atomic E-state index is 0.628. The molecule has 1 aromatic heterocycles. The van der Waals surface area contributed by atoms with Gasteiger partial charge in [-0.25, -0.2) is 4.98 Å². The number of aromatic nitrogens is 1. The monoisotopic (exact) mass is 268 g/mol. The van der Waals surface area contributed by atoms with E-state index < -0.39 is 0 Å². The number of hydrogen-bond donors (Lipinski definition) is 0. The van der Waals surface area contributed by atoms with Gasteiger partial charge in [0.1, 0.15) is 5.15 Å². The topological polar surface area (TPSA) is 16.1 Å². The Morgan fingerprint density at radius 2 is 1.94 bits per heavy atom. The molecule has 18 heavy (non-hydrogen) atoms. The fourth-order valence-electron chi connectivity index (χ4n) is 2.37. The Kier molecular flexibility index (Phi) is 6.66. The molecule has 0 saturated heterocycles. The summed E-state index contributed by atoms with van der Waals surface area (Å²) in [5.41, 5.74) is 1.13. The molecule has 0 amide bonds. The highest BCUT2D eigenvalue weighted by Crippen LogP contribution is 2.19. The highest BCUT2D eigenvalue weighted by Gasteiger charge is 2.17. The lowest BCUT2D eigenvalue weighted by molar-refractivity contribution is 0.157. The van der Waals surface area contributed by atoms with Crippen LogP contribution in [0.1, 0.15) is 46.1 Å². The SMILES string of the molecule is CCC(CC)N(Cc1cccnc1Cl)CC(C)C. The van der Waals surface area contributed by atoms with Crippen molar-refractivity contribution < 1.29 is 0 Å². The summed E-state index contributed by atoms with van der Waals surface area (Å²) >= 11 is 6.16. The Balaban J connectivity index is 2.80. The Bertz CT molecular complexity index is 348. The Morgan fingerprint density at radius 3 is 2.44 bits per heavy atom. The zero-order valence-electron chi connectivity index (χ0n) is 12.0. The van der Waals surface area contributed by atoms with E-state index >= 15 is 0 Å². The Hall–Kier alpha value is -0.600. The number of rotatable bonds is 7. The molecule has 3 heteroatoms. The molecule has 0 spiro atoms. The van der Waals surface area contributed by atoms with Crippen LogP contribution >= 0.6 is 11.6 Å². The first-order chi connectivity index (χ1) is 8.58. The van der Waals surface area contributed by atoms with Crippen molar-refractivity contribution in [1.29, 1.82) is 0 Å². The van der Waals surface area contributed by atoms with E-state index in [1.165, 1.54) is 12.8 Å². The first-order valence-electron chi connectivity index (χ1n) is 6.91. The minimum Gasteiger partial charge on any atom is -0.296 e. The van der Waals surface area contributed by atoms with Gasteiger partial charge in [0.05, 0.1) is 0 Å². The van der Waals surface area contributed by atoms with Crippen molar-refractivity contribution in [2.45, 2.75) is 53.1 Å². The van der Waals surface area contributed by atoms with E-state index in [9.17, 15) is 0 Å². The van der Waals surface area contributed by atoms with Crippen LogP contribution in [0.4, 0.5) is 0 Å². The van der Waals surface area contributed by atoms with Gasteiger partial charge in [0.15, 0.2) is 0 Å². The number of nitrogens with zero attached hydrogens (tertiary/aromatic N) is 2. The molecule has 102 valence electrons. The van der Waals surface area contributed by atoms with Gasteiger partial charge in [0.2, 0.25) is 0 Å². The predicted octanol–water partition coefficient (Wildman–Crippen LogP) is 4.38. The van der Waals surface area contributed by atoms with Gasteiger partial charge in [-0.2, -0.15) is 0 Å². The lowest BCUT2D eigenvalue weighted by atomic mass is 10.1. The van der Waals surface area contributed by atoms with E-state index in [0.717, 1.165) is 18.7 Å². The summed E-state index contributed by atoms with van der Waals surface area (Å²) in [6.07, 6.45) is 4.11. The predicted molar refractivity (Wildman–Crippen MR) is 78.9 cm³/mol. The van der Waals surface area contributed by atoms with Gasteiger partial charge < -0.3 is 0 Å². The van der Waals surface area contributed by atoms with Crippen molar-refractivity contribution in [2.75, 3.05) is 6.54 Å². The Morgan fingerprint density at radius 1 is 1.28 bits per heavy atom. The van der Waals surface area contributed by atoms with E-state index in [4.69, 9.17) is 11.6 Å². The Labute approximate surface area is 116 Å². The summed E-state index contributed by atoms with van der Waals surface area (Å²) in [4.78, 5) is 6.70. The van der Waals surface area contributed by atoms with Gasteiger partial charge in [0.25, 0.3) is 0 Å². The molecule has 0 aromatic carbocycles.